The van der Waals surface area contributed by atoms with Crippen molar-refractivity contribution in [3.05, 3.63) is 58.2 Å². The summed E-state index contributed by atoms with van der Waals surface area (Å²) in [6.45, 7) is 0. The van der Waals surface area contributed by atoms with Gasteiger partial charge in [-0.1, -0.05) is 23.7 Å². The first kappa shape index (κ1) is 12.5. The molecule has 0 amide bonds. The lowest BCUT2D eigenvalue weighted by Crippen LogP contribution is -2.11. The summed E-state index contributed by atoms with van der Waals surface area (Å²) < 4.78 is 4.92. The molecule has 6 heteroatoms. The highest BCUT2D eigenvalue weighted by atomic mass is 35.5. The fourth-order valence-electron chi connectivity index (χ4n) is 1.87. The summed E-state index contributed by atoms with van der Waals surface area (Å²) in [4.78, 5) is 18.7. The number of H-pyrrole nitrogens is 1. The van der Waals surface area contributed by atoms with E-state index in [9.17, 15) is 9.90 Å². The normalized spacial score (nSPS) is 10.7. The quantitative estimate of drug-likeness (QED) is 0.759. The van der Waals surface area contributed by atoms with Crippen molar-refractivity contribution in [1.82, 2.24) is 9.97 Å². The van der Waals surface area contributed by atoms with Crippen molar-refractivity contribution in [2.75, 3.05) is 0 Å². The minimum absolute atomic E-state index is 0.105. The molecule has 0 spiro atoms. The molecule has 0 aliphatic heterocycles. The zero-order valence-corrected chi connectivity index (χ0v) is 10.9. The van der Waals surface area contributed by atoms with Crippen LogP contribution in [0.15, 0.2) is 52.1 Å². The molecule has 1 aromatic carbocycles. The molecule has 0 atom stereocenters. The predicted molar refractivity (Wildman–Crippen MR) is 74.7 cm³/mol. The van der Waals surface area contributed by atoms with Gasteiger partial charge >= 0.3 is 0 Å². The monoisotopic (exact) mass is 288 g/mol. The number of aromatic hydroxyl groups is 1. The third-order valence-electron chi connectivity index (χ3n) is 2.83. The highest BCUT2D eigenvalue weighted by molar-refractivity contribution is 6.30. The van der Waals surface area contributed by atoms with E-state index in [2.05, 4.69) is 9.97 Å². The van der Waals surface area contributed by atoms with Crippen molar-refractivity contribution in [3.8, 4) is 28.4 Å². The first-order valence-electron chi connectivity index (χ1n) is 5.77. The van der Waals surface area contributed by atoms with Gasteiger partial charge in [0.25, 0.3) is 5.56 Å². The van der Waals surface area contributed by atoms with Gasteiger partial charge in [-0.25, -0.2) is 0 Å². The Kier molecular flexibility index (Phi) is 3.04. The van der Waals surface area contributed by atoms with Gasteiger partial charge in [0.15, 0.2) is 0 Å². The second-order valence-corrected chi connectivity index (χ2v) is 4.57. The smallest absolute Gasteiger partial charge is 0.262 e. The van der Waals surface area contributed by atoms with Crippen LogP contribution in [0.2, 0.25) is 5.02 Å². The van der Waals surface area contributed by atoms with E-state index < -0.39 is 5.56 Å². The Bertz CT molecular complexity index is 792. The van der Waals surface area contributed by atoms with Crippen molar-refractivity contribution < 1.29 is 9.52 Å². The number of furan rings is 1. The van der Waals surface area contributed by atoms with E-state index >= 15 is 0 Å². The van der Waals surface area contributed by atoms with Gasteiger partial charge in [0.1, 0.15) is 17.7 Å². The van der Waals surface area contributed by atoms with E-state index in [1.165, 1.54) is 12.5 Å². The minimum atomic E-state index is -0.434. The van der Waals surface area contributed by atoms with Crippen LogP contribution in [0, 0.1) is 0 Å². The lowest BCUT2D eigenvalue weighted by atomic mass is 10.1. The van der Waals surface area contributed by atoms with Crippen molar-refractivity contribution in [2.24, 2.45) is 0 Å². The van der Waals surface area contributed by atoms with Gasteiger partial charge in [0, 0.05) is 5.02 Å². The number of nitrogens with one attached hydrogen (secondary N) is 1. The van der Waals surface area contributed by atoms with E-state index in [-0.39, 0.29) is 17.3 Å². The fraction of sp³-hybridized carbons (Fsp3) is 0. The number of rotatable bonds is 2. The molecule has 2 aromatic heterocycles. The molecule has 100 valence electrons. The van der Waals surface area contributed by atoms with Gasteiger partial charge in [-0.2, -0.15) is 4.98 Å². The average molecular weight is 289 g/mol. The second-order valence-electron chi connectivity index (χ2n) is 4.13. The van der Waals surface area contributed by atoms with Crippen LogP contribution >= 0.6 is 11.6 Å². The van der Waals surface area contributed by atoms with Crippen LogP contribution < -0.4 is 5.56 Å². The Balaban J connectivity index is 2.14. The maximum Gasteiger partial charge on any atom is 0.262 e. The third-order valence-corrected chi connectivity index (χ3v) is 3.08. The summed E-state index contributed by atoms with van der Waals surface area (Å²) in [5.41, 5.74) is 0.796. The van der Waals surface area contributed by atoms with Crippen LogP contribution in [0.25, 0.3) is 22.5 Å². The zero-order valence-electron chi connectivity index (χ0n) is 10.1. The molecule has 0 fully saturated rings. The van der Waals surface area contributed by atoms with E-state index in [0.29, 0.717) is 16.1 Å². The van der Waals surface area contributed by atoms with Gasteiger partial charge in [-0.15, -0.1) is 0 Å². The summed E-state index contributed by atoms with van der Waals surface area (Å²) in [5.74, 6) is -0.0914. The number of hydrogen-bond acceptors (Lipinski definition) is 4. The number of benzene rings is 1. The molecule has 2 heterocycles. The number of hydrogen-bond donors (Lipinski definition) is 2. The van der Waals surface area contributed by atoms with Crippen LogP contribution in [0.1, 0.15) is 0 Å². The highest BCUT2D eigenvalue weighted by Gasteiger charge is 2.14. The molecule has 3 aromatic rings. The summed E-state index contributed by atoms with van der Waals surface area (Å²) in [6, 6.07) is 8.21. The van der Waals surface area contributed by atoms with Crippen molar-refractivity contribution in [2.45, 2.75) is 0 Å². The maximum atomic E-state index is 12.1. The van der Waals surface area contributed by atoms with Crippen LogP contribution in [0.4, 0.5) is 0 Å². The Morgan fingerprint density at radius 2 is 1.90 bits per heavy atom. The first-order chi connectivity index (χ1) is 9.65. The van der Waals surface area contributed by atoms with E-state index in [4.69, 9.17) is 16.0 Å². The van der Waals surface area contributed by atoms with Crippen LogP contribution in [0.3, 0.4) is 0 Å². The summed E-state index contributed by atoms with van der Waals surface area (Å²) in [5, 5.41) is 10.5. The average Bonchev–Trinajstić information content (AvgIpc) is 2.94. The molecule has 20 heavy (non-hydrogen) atoms. The molecule has 2 N–H and O–H groups in total. The predicted octanol–water partition coefficient (Wildman–Crippen LogP) is 3.06. The van der Waals surface area contributed by atoms with E-state index in [1.54, 1.807) is 30.3 Å². The van der Waals surface area contributed by atoms with Crippen molar-refractivity contribution in [1.29, 1.82) is 0 Å². The summed E-state index contributed by atoms with van der Waals surface area (Å²) in [7, 11) is 0. The lowest BCUT2D eigenvalue weighted by Gasteiger charge is -2.05. The van der Waals surface area contributed by atoms with Gasteiger partial charge in [0.05, 0.1) is 11.8 Å². The molecule has 0 radical (unpaired) electrons. The largest absolute Gasteiger partial charge is 0.493 e. The standard InChI is InChI=1S/C14H9ClN2O3/c15-10-3-1-8(2-4-10)11-13(18)16-12(17-14(11)19)9-5-6-20-7-9/h1-7H,(H2,16,17,18,19). The molecule has 0 aliphatic carbocycles. The molecule has 0 aliphatic rings. The molecule has 0 bridgehead atoms. The fourth-order valence-corrected chi connectivity index (χ4v) is 2.00. The summed E-state index contributed by atoms with van der Waals surface area (Å²) in [6.07, 6.45) is 2.89. The third kappa shape index (κ3) is 2.19. The van der Waals surface area contributed by atoms with Gasteiger partial charge in [-0.3, -0.25) is 4.79 Å². The number of halogens is 1. The Morgan fingerprint density at radius 3 is 2.50 bits per heavy atom. The van der Waals surface area contributed by atoms with E-state index in [0.717, 1.165) is 0 Å². The first-order valence-corrected chi connectivity index (χ1v) is 6.15. The van der Waals surface area contributed by atoms with Gasteiger partial charge in [0.2, 0.25) is 5.88 Å². The number of aromatic amines is 1. The SMILES string of the molecule is O=c1[nH]c(-c2ccoc2)nc(O)c1-c1ccc(Cl)cc1. The zero-order chi connectivity index (χ0) is 14.1. The molecule has 0 unspecified atom stereocenters. The highest BCUT2D eigenvalue weighted by Crippen LogP contribution is 2.26. The van der Waals surface area contributed by atoms with Gasteiger partial charge in [-0.05, 0) is 23.8 Å². The molecular weight excluding hydrogens is 280 g/mol. The molecule has 5 nitrogen and oxygen atoms in total. The van der Waals surface area contributed by atoms with Crippen molar-refractivity contribution >= 4 is 11.6 Å². The number of aromatic nitrogens is 2. The Hall–Kier alpha value is -2.53. The minimum Gasteiger partial charge on any atom is -0.493 e. The molecular formula is C14H9ClN2O3. The van der Waals surface area contributed by atoms with Crippen LogP contribution in [-0.4, -0.2) is 15.1 Å². The lowest BCUT2D eigenvalue weighted by molar-refractivity contribution is 0.454. The summed E-state index contributed by atoms with van der Waals surface area (Å²) >= 11 is 5.80. The number of nitrogens with zero attached hydrogens (tertiary/aromatic N) is 1. The van der Waals surface area contributed by atoms with Crippen molar-refractivity contribution in [3.63, 3.8) is 0 Å². The molecule has 0 saturated heterocycles. The van der Waals surface area contributed by atoms with Crippen LogP contribution in [0.5, 0.6) is 5.88 Å². The topological polar surface area (TPSA) is 79.1 Å². The molecule has 3 rings (SSSR count). The Labute approximate surface area is 118 Å². The Morgan fingerprint density at radius 1 is 1.15 bits per heavy atom. The second kappa shape index (κ2) is 4.86. The van der Waals surface area contributed by atoms with E-state index in [1.807, 2.05) is 0 Å². The van der Waals surface area contributed by atoms with Gasteiger partial charge < -0.3 is 14.5 Å². The molecule has 0 saturated carbocycles. The maximum absolute atomic E-state index is 12.1. The van der Waals surface area contributed by atoms with Crippen LogP contribution in [-0.2, 0) is 0 Å².